The van der Waals surface area contributed by atoms with Crippen molar-refractivity contribution in [2.24, 2.45) is 29.1 Å². The summed E-state index contributed by atoms with van der Waals surface area (Å²) in [6.07, 6.45) is 4.09. The van der Waals surface area contributed by atoms with E-state index in [-0.39, 0.29) is 0 Å². The van der Waals surface area contributed by atoms with E-state index in [1.807, 2.05) is 0 Å². The Kier molecular flexibility index (Phi) is 2.79. The van der Waals surface area contributed by atoms with E-state index in [0.717, 1.165) is 30.2 Å². The van der Waals surface area contributed by atoms with Crippen LogP contribution in [0.3, 0.4) is 0 Å². The Hall–Kier alpha value is -0.820. The Morgan fingerprint density at radius 2 is 1.90 bits per heavy atom. The Labute approximate surface area is 123 Å². The van der Waals surface area contributed by atoms with Crippen LogP contribution in [0.4, 0.5) is 0 Å². The van der Waals surface area contributed by atoms with Crippen molar-refractivity contribution in [2.45, 2.75) is 46.1 Å². The van der Waals surface area contributed by atoms with Gasteiger partial charge in [0.25, 0.3) is 0 Å². The fourth-order valence-corrected chi connectivity index (χ4v) is 5.73. The molecule has 0 saturated heterocycles. The lowest BCUT2D eigenvalue weighted by Gasteiger charge is -2.64. The Bertz CT molecular complexity index is 518. The molecule has 1 N–H and O–H groups in total. The normalized spacial score (nSPS) is 41.6. The van der Waals surface area contributed by atoms with Crippen molar-refractivity contribution in [3.63, 3.8) is 0 Å². The molecule has 5 atom stereocenters. The second-order valence-electron chi connectivity index (χ2n) is 8.03. The minimum Gasteiger partial charge on any atom is -0.309 e. The number of hydrogen-bond acceptors (Lipinski definition) is 1. The lowest BCUT2D eigenvalue weighted by molar-refractivity contribution is -0.146. The second kappa shape index (κ2) is 4.34. The van der Waals surface area contributed by atoms with Gasteiger partial charge in [-0.2, -0.15) is 0 Å². The predicted octanol–water partition coefficient (Wildman–Crippen LogP) is 4.19. The van der Waals surface area contributed by atoms with Gasteiger partial charge in [0, 0.05) is 6.04 Å². The summed E-state index contributed by atoms with van der Waals surface area (Å²) in [6.45, 7) is 8.68. The topological polar surface area (TPSA) is 12.0 Å². The summed E-state index contributed by atoms with van der Waals surface area (Å²) in [6, 6.07) is 9.74. The molecule has 1 heteroatoms. The van der Waals surface area contributed by atoms with Crippen molar-refractivity contribution in [3.05, 3.63) is 35.4 Å². The fraction of sp³-hybridized carbons (Fsp3) is 0.684. The fourth-order valence-electron chi connectivity index (χ4n) is 5.73. The number of hydrogen-bond donors (Lipinski definition) is 1. The molecular weight excluding hydrogens is 242 g/mol. The first-order chi connectivity index (χ1) is 9.59. The molecule has 108 valence electrons. The molecule has 1 heterocycles. The van der Waals surface area contributed by atoms with Gasteiger partial charge in [0.15, 0.2) is 0 Å². The van der Waals surface area contributed by atoms with Gasteiger partial charge in [0.2, 0.25) is 0 Å². The largest absolute Gasteiger partial charge is 0.309 e. The summed E-state index contributed by atoms with van der Waals surface area (Å²) in [5, 5.41) is 3.86. The zero-order valence-corrected chi connectivity index (χ0v) is 13.0. The second-order valence-corrected chi connectivity index (χ2v) is 8.03. The highest BCUT2D eigenvalue weighted by Gasteiger charge is 2.58. The van der Waals surface area contributed by atoms with Crippen molar-refractivity contribution in [2.75, 3.05) is 6.54 Å². The molecule has 0 amide bonds. The van der Waals surface area contributed by atoms with E-state index in [0.29, 0.717) is 11.5 Å². The van der Waals surface area contributed by atoms with Gasteiger partial charge >= 0.3 is 0 Å². The van der Waals surface area contributed by atoms with Gasteiger partial charge in [-0.3, -0.25) is 0 Å². The number of benzene rings is 1. The average molecular weight is 269 g/mol. The van der Waals surface area contributed by atoms with Crippen LogP contribution in [0.5, 0.6) is 0 Å². The Morgan fingerprint density at radius 3 is 2.65 bits per heavy atom. The highest BCUT2D eigenvalue weighted by molar-refractivity contribution is 5.33. The zero-order valence-electron chi connectivity index (χ0n) is 13.0. The minimum atomic E-state index is 0.566. The summed E-state index contributed by atoms with van der Waals surface area (Å²) in [4.78, 5) is 0. The van der Waals surface area contributed by atoms with E-state index in [2.05, 4.69) is 50.4 Å². The van der Waals surface area contributed by atoms with Crippen LogP contribution in [-0.4, -0.2) is 6.54 Å². The molecule has 1 aliphatic heterocycles. The van der Waals surface area contributed by atoms with E-state index >= 15 is 0 Å². The van der Waals surface area contributed by atoms with Crippen molar-refractivity contribution in [1.82, 2.24) is 5.32 Å². The molecule has 2 bridgehead atoms. The average Bonchev–Trinajstić information content (AvgIpc) is 2.45. The Balaban J connectivity index is 1.69. The summed E-state index contributed by atoms with van der Waals surface area (Å²) in [5.41, 5.74) is 3.75. The van der Waals surface area contributed by atoms with Crippen LogP contribution in [0.25, 0.3) is 0 Å². The van der Waals surface area contributed by atoms with Crippen molar-refractivity contribution in [3.8, 4) is 0 Å². The maximum atomic E-state index is 3.86. The molecule has 1 nitrogen and oxygen atoms in total. The first kappa shape index (κ1) is 12.9. The van der Waals surface area contributed by atoms with Crippen LogP contribution in [0, 0.1) is 29.1 Å². The van der Waals surface area contributed by atoms with Gasteiger partial charge in [-0.05, 0) is 66.0 Å². The van der Waals surface area contributed by atoms with Crippen LogP contribution in [0.2, 0.25) is 0 Å². The molecule has 5 rings (SSSR count). The summed E-state index contributed by atoms with van der Waals surface area (Å²) < 4.78 is 0. The standard InChI is InChI=1S/C19H27N/c1-12-10-15(17-11-16(12)19(17,2)3)18-14-7-5-4-6-13(14)8-9-20-18/h4-7,12,15-18,20H,8-11H2,1-3H3/t12-,15?,16?,17+,18?/m1/s1. The minimum absolute atomic E-state index is 0.566. The third kappa shape index (κ3) is 1.65. The lowest BCUT2D eigenvalue weighted by atomic mass is 9.41. The lowest BCUT2D eigenvalue weighted by Crippen LogP contribution is -2.58. The first-order valence-electron chi connectivity index (χ1n) is 8.40. The predicted molar refractivity (Wildman–Crippen MR) is 83.5 cm³/mol. The van der Waals surface area contributed by atoms with Crippen LogP contribution in [0.15, 0.2) is 24.3 Å². The molecule has 3 aliphatic carbocycles. The number of fused-ring (bicyclic) bond motifs is 3. The van der Waals surface area contributed by atoms with E-state index in [9.17, 15) is 0 Å². The molecule has 0 spiro atoms. The highest BCUT2D eigenvalue weighted by atomic mass is 14.9. The maximum absolute atomic E-state index is 3.86. The smallest absolute Gasteiger partial charge is 0.0354 e. The highest BCUT2D eigenvalue weighted by Crippen LogP contribution is 2.65. The summed E-state index contributed by atoms with van der Waals surface area (Å²) in [5.74, 6) is 3.64. The third-order valence-corrected chi connectivity index (χ3v) is 6.84. The molecule has 3 saturated carbocycles. The zero-order chi connectivity index (χ0) is 13.9. The molecule has 3 unspecified atom stereocenters. The first-order valence-corrected chi connectivity index (χ1v) is 8.40. The molecular formula is C19H27N. The quantitative estimate of drug-likeness (QED) is 0.806. The van der Waals surface area contributed by atoms with Crippen molar-refractivity contribution < 1.29 is 0 Å². The van der Waals surface area contributed by atoms with Crippen LogP contribution < -0.4 is 5.32 Å². The Morgan fingerprint density at radius 1 is 1.10 bits per heavy atom. The molecule has 20 heavy (non-hydrogen) atoms. The summed E-state index contributed by atoms with van der Waals surface area (Å²) >= 11 is 0. The van der Waals surface area contributed by atoms with Gasteiger partial charge in [-0.15, -0.1) is 0 Å². The third-order valence-electron chi connectivity index (χ3n) is 6.84. The molecule has 0 radical (unpaired) electrons. The van der Waals surface area contributed by atoms with E-state index in [4.69, 9.17) is 0 Å². The monoisotopic (exact) mass is 269 g/mol. The van der Waals surface area contributed by atoms with Gasteiger partial charge in [0.05, 0.1) is 0 Å². The SMILES string of the molecule is C[C@@H]1CC(C2NCCc3ccccc32)[C@@H]2CC1C2(C)C. The van der Waals surface area contributed by atoms with Gasteiger partial charge < -0.3 is 5.32 Å². The van der Waals surface area contributed by atoms with Gasteiger partial charge in [0.1, 0.15) is 0 Å². The maximum Gasteiger partial charge on any atom is 0.0354 e. The molecule has 3 fully saturated rings. The van der Waals surface area contributed by atoms with E-state index in [1.54, 1.807) is 11.1 Å². The van der Waals surface area contributed by atoms with Gasteiger partial charge in [-0.25, -0.2) is 0 Å². The van der Waals surface area contributed by atoms with Crippen molar-refractivity contribution in [1.29, 1.82) is 0 Å². The van der Waals surface area contributed by atoms with Crippen LogP contribution in [-0.2, 0) is 6.42 Å². The van der Waals surface area contributed by atoms with E-state index in [1.165, 1.54) is 19.3 Å². The van der Waals surface area contributed by atoms with Crippen LogP contribution in [0.1, 0.15) is 50.8 Å². The number of nitrogens with one attached hydrogen (secondary N) is 1. The summed E-state index contributed by atoms with van der Waals surface area (Å²) in [7, 11) is 0. The van der Waals surface area contributed by atoms with E-state index < -0.39 is 0 Å². The molecule has 1 aromatic rings. The van der Waals surface area contributed by atoms with Gasteiger partial charge in [-0.1, -0.05) is 45.0 Å². The molecule has 4 aliphatic rings. The molecule has 1 aromatic carbocycles. The number of rotatable bonds is 1. The molecule has 0 aromatic heterocycles. The van der Waals surface area contributed by atoms with Crippen molar-refractivity contribution >= 4 is 0 Å². The van der Waals surface area contributed by atoms with Crippen LogP contribution >= 0.6 is 0 Å².